The van der Waals surface area contributed by atoms with E-state index in [-0.39, 0.29) is 0 Å². The van der Waals surface area contributed by atoms with Gasteiger partial charge in [0.25, 0.3) is 0 Å². The number of fused-ring (bicyclic) bond motifs is 5. The van der Waals surface area contributed by atoms with E-state index in [2.05, 4.69) is 36.4 Å². The Morgan fingerprint density at radius 3 is 1.46 bits per heavy atom. The van der Waals surface area contributed by atoms with E-state index < -0.39 is 13.8 Å². The average molecular weight is 401 g/mol. The van der Waals surface area contributed by atoms with E-state index in [1.165, 1.54) is 10.8 Å². The zero-order valence-electron chi connectivity index (χ0n) is 14.6. The molecule has 6 rings (SSSR count). The first-order valence-corrected chi connectivity index (χ1v) is 9.85. The van der Waals surface area contributed by atoms with Crippen LogP contribution in [0.2, 0.25) is 10.0 Å². The molecule has 2 aliphatic rings. The second-order valence-electron chi connectivity index (χ2n) is 7.44. The van der Waals surface area contributed by atoms with Crippen molar-refractivity contribution in [1.29, 1.82) is 0 Å². The molecule has 1 aliphatic heterocycles. The Hall–Kier alpha value is -2.23. The fourth-order valence-electron chi connectivity index (χ4n) is 4.73. The van der Waals surface area contributed by atoms with Crippen molar-refractivity contribution in [3.8, 4) is 22.3 Å². The second kappa shape index (κ2) is 5.65. The van der Waals surface area contributed by atoms with E-state index in [0.29, 0.717) is 31.9 Å². The van der Waals surface area contributed by atoms with Crippen molar-refractivity contribution in [2.45, 2.75) is 0 Å². The highest BCUT2D eigenvalue weighted by Crippen LogP contribution is 2.46. The van der Waals surface area contributed by atoms with Gasteiger partial charge in [0.05, 0.1) is 10.0 Å². The summed E-state index contributed by atoms with van der Waals surface area (Å²) in [4.78, 5) is 0. The topological polar surface area (TPSA) is 40.5 Å². The first-order valence-electron chi connectivity index (χ1n) is 9.10. The van der Waals surface area contributed by atoms with Gasteiger partial charge in [0.1, 0.15) is 0 Å². The summed E-state index contributed by atoms with van der Waals surface area (Å²) in [5.41, 5.74) is 7.11. The quantitative estimate of drug-likeness (QED) is 0.392. The largest absolute Gasteiger partial charge is 0.443 e. The van der Waals surface area contributed by atoms with Gasteiger partial charge in [-0.15, -0.1) is 0 Å². The van der Waals surface area contributed by atoms with Crippen LogP contribution < -0.4 is 21.9 Å². The van der Waals surface area contributed by atoms with Crippen LogP contribution in [0.25, 0.3) is 33.0 Å². The number of benzene rings is 4. The van der Waals surface area contributed by atoms with Crippen molar-refractivity contribution in [3.05, 3.63) is 70.7 Å². The van der Waals surface area contributed by atoms with Gasteiger partial charge in [-0.2, -0.15) is 0 Å². The molecule has 0 unspecified atom stereocenters. The summed E-state index contributed by atoms with van der Waals surface area (Å²) in [7, 11) is 0. The monoisotopic (exact) mass is 400 g/mol. The number of halogens is 2. The van der Waals surface area contributed by atoms with E-state index >= 15 is 0 Å². The Morgan fingerprint density at radius 1 is 0.571 bits per heavy atom. The van der Waals surface area contributed by atoms with Gasteiger partial charge in [-0.05, 0) is 67.0 Å². The lowest BCUT2D eigenvalue weighted by molar-refractivity contribution is 0.592. The van der Waals surface area contributed by atoms with Crippen molar-refractivity contribution >= 4 is 69.7 Å². The van der Waals surface area contributed by atoms with E-state index in [9.17, 15) is 10.0 Å². The zero-order valence-corrected chi connectivity index (χ0v) is 16.1. The van der Waals surface area contributed by atoms with Crippen LogP contribution in [0, 0.1) is 0 Å². The Labute approximate surface area is 172 Å². The molecule has 0 radical (unpaired) electrons. The van der Waals surface area contributed by atoms with Crippen LogP contribution in [0.4, 0.5) is 0 Å². The summed E-state index contributed by atoms with van der Waals surface area (Å²) < 4.78 is 0. The Bertz CT molecular complexity index is 1240. The fraction of sp³-hybridized carbons (Fsp3) is 0. The van der Waals surface area contributed by atoms with E-state index in [0.717, 1.165) is 22.3 Å². The SMILES string of the molecule is OB1c2cc(Cl)c(Cl)cc2B(O)c2cc3c(cc21)-c1cccc2cccc-3c12. The molecule has 0 atom stereocenters. The van der Waals surface area contributed by atoms with Crippen molar-refractivity contribution < 1.29 is 10.0 Å². The van der Waals surface area contributed by atoms with Gasteiger partial charge >= 0.3 is 13.8 Å². The van der Waals surface area contributed by atoms with Crippen molar-refractivity contribution in [2.75, 3.05) is 0 Å². The third-order valence-electron chi connectivity index (χ3n) is 6.01. The normalized spacial score (nSPS) is 13.6. The van der Waals surface area contributed by atoms with Crippen molar-refractivity contribution in [1.82, 2.24) is 0 Å². The third-order valence-corrected chi connectivity index (χ3v) is 6.73. The molecule has 0 fully saturated rings. The molecule has 6 heteroatoms. The van der Waals surface area contributed by atoms with Crippen LogP contribution >= 0.6 is 23.2 Å². The van der Waals surface area contributed by atoms with Crippen molar-refractivity contribution in [2.24, 2.45) is 0 Å². The first-order chi connectivity index (χ1) is 13.5. The predicted molar refractivity (Wildman–Crippen MR) is 119 cm³/mol. The molecule has 0 saturated heterocycles. The number of hydrogen-bond acceptors (Lipinski definition) is 2. The molecule has 0 aromatic heterocycles. The van der Waals surface area contributed by atoms with Crippen LogP contribution in [-0.4, -0.2) is 23.9 Å². The molecule has 0 spiro atoms. The van der Waals surface area contributed by atoms with E-state index in [1.54, 1.807) is 12.1 Å². The molecule has 1 aliphatic carbocycles. The van der Waals surface area contributed by atoms with Crippen LogP contribution in [0.3, 0.4) is 0 Å². The highest BCUT2D eigenvalue weighted by Gasteiger charge is 2.38. The molecule has 0 bridgehead atoms. The standard InChI is InChI=1S/C22H12B2Cl2O2/c25-20-9-18-19(10-21(20)26)24(28)17-8-15-13-6-2-4-11-3-1-5-12(22(11)13)14(15)7-16(17)23(18)27/h1-10,27-28H. The summed E-state index contributed by atoms with van der Waals surface area (Å²) in [6.07, 6.45) is 0. The van der Waals surface area contributed by atoms with E-state index in [4.69, 9.17) is 23.2 Å². The summed E-state index contributed by atoms with van der Waals surface area (Å²) in [5.74, 6) is 0. The lowest BCUT2D eigenvalue weighted by atomic mass is 9.36. The van der Waals surface area contributed by atoms with E-state index in [1.807, 2.05) is 12.1 Å². The smallest absolute Gasteiger partial charge is 0.358 e. The summed E-state index contributed by atoms with van der Waals surface area (Å²) in [6.45, 7) is -1.73. The molecule has 4 aromatic rings. The lowest BCUT2D eigenvalue weighted by Crippen LogP contribution is -2.69. The minimum atomic E-state index is -0.864. The maximum absolute atomic E-state index is 11.1. The van der Waals surface area contributed by atoms with Gasteiger partial charge < -0.3 is 10.0 Å². The third kappa shape index (κ3) is 2.04. The molecule has 1 heterocycles. The van der Waals surface area contributed by atoms with Gasteiger partial charge in [0.2, 0.25) is 0 Å². The Balaban J connectivity index is 1.65. The summed E-state index contributed by atoms with van der Waals surface area (Å²) >= 11 is 12.3. The van der Waals surface area contributed by atoms with Crippen LogP contribution in [0.5, 0.6) is 0 Å². The maximum Gasteiger partial charge on any atom is 0.358 e. The summed E-state index contributed by atoms with van der Waals surface area (Å²) in [5, 5.41) is 25.3. The molecular weight excluding hydrogens is 389 g/mol. The van der Waals surface area contributed by atoms with Gasteiger partial charge in [-0.3, -0.25) is 0 Å². The summed E-state index contributed by atoms with van der Waals surface area (Å²) in [6, 6.07) is 19.9. The average Bonchev–Trinajstić information content (AvgIpc) is 3.02. The predicted octanol–water partition coefficient (Wildman–Crippen LogP) is 2.30. The maximum atomic E-state index is 11.1. The molecule has 2 N–H and O–H groups in total. The molecule has 0 amide bonds. The Kier molecular flexibility index (Phi) is 3.37. The van der Waals surface area contributed by atoms with Gasteiger partial charge in [-0.25, -0.2) is 0 Å². The molecule has 132 valence electrons. The minimum absolute atomic E-state index is 0.369. The number of rotatable bonds is 0. The van der Waals surface area contributed by atoms with Gasteiger partial charge in [0, 0.05) is 0 Å². The second-order valence-corrected chi connectivity index (χ2v) is 8.25. The highest BCUT2D eigenvalue weighted by atomic mass is 35.5. The van der Waals surface area contributed by atoms with Crippen LogP contribution in [0.1, 0.15) is 0 Å². The zero-order chi connectivity index (χ0) is 19.2. The molecule has 4 aromatic carbocycles. The molecule has 0 saturated carbocycles. The van der Waals surface area contributed by atoms with Gasteiger partial charge in [0.15, 0.2) is 0 Å². The Morgan fingerprint density at radius 2 is 1.00 bits per heavy atom. The fourth-order valence-corrected chi connectivity index (χ4v) is 5.07. The molecular formula is C22H12B2Cl2O2. The minimum Gasteiger partial charge on any atom is -0.443 e. The van der Waals surface area contributed by atoms with Gasteiger partial charge in [-0.1, -0.05) is 71.7 Å². The molecule has 28 heavy (non-hydrogen) atoms. The van der Waals surface area contributed by atoms with Crippen LogP contribution in [0.15, 0.2) is 60.7 Å². The number of hydrogen-bond donors (Lipinski definition) is 2. The molecule has 2 nitrogen and oxygen atoms in total. The van der Waals surface area contributed by atoms with Crippen molar-refractivity contribution in [3.63, 3.8) is 0 Å². The highest BCUT2D eigenvalue weighted by molar-refractivity contribution is 6.97. The first kappa shape index (κ1) is 16.7. The lowest BCUT2D eigenvalue weighted by Gasteiger charge is -2.26. The van der Waals surface area contributed by atoms with Crippen LogP contribution in [-0.2, 0) is 0 Å².